The maximum atomic E-state index is 9.05. The Labute approximate surface area is 136 Å². The van der Waals surface area contributed by atoms with Gasteiger partial charge in [0, 0.05) is 35.7 Å². The molecular weight excluding hydrogens is 294 g/mol. The molecule has 0 aromatic heterocycles. The van der Waals surface area contributed by atoms with Gasteiger partial charge in [-0.15, -0.1) is 0 Å². The molecule has 2 N–H and O–H groups in total. The van der Waals surface area contributed by atoms with E-state index in [4.69, 9.17) is 11.0 Å². The molecule has 2 unspecified atom stereocenters. The zero-order chi connectivity index (χ0) is 16.2. The third kappa shape index (κ3) is 3.52. The van der Waals surface area contributed by atoms with Crippen LogP contribution in [0.25, 0.3) is 0 Å². The first-order valence-electron chi connectivity index (χ1n) is 7.21. The summed E-state index contributed by atoms with van der Waals surface area (Å²) in [5.41, 5.74) is 1.52. The van der Waals surface area contributed by atoms with E-state index < -0.39 is 0 Å². The molecule has 0 bridgehead atoms. The summed E-state index contributed by atoms with van der Waals surface area (Å²) in [5.74, 6) is 1.46. The minimum atomic E-state index is 0.220. The molecule has 2 atom stereocenters. The van der Waals surface area contributed by atoms with Gasteiger partial charge in [0.15, 0.2) is 0 Å². The summed E-state index contributed by atoms with van der Waals surface area (Å²) in [4.78, 5) is 8.87. The smallest absolute Gasteiger partial charge is 0.231 e. The fourth-order valence-electron chi connectivity index (χ4n) is 3.02. The van der Waals surface area contributed by atoms with Crippen molar-refractivity contribution in [1.29, 1.82) is 0 Å². The highest BCUT2D eigenvalue weighted by atomic mass is 32.2. The first-order chi connectivity index (χ1) is 10.5. The van der Waals surface area contributed by atoms with Crippen molar-refractivity contribution < 1.29 is 4.55 Å². The number of aliphatic imine (C=N–C) groups is 2. The van der Waals surface area contributed by atoms with Crippen LogP contribution in [-0.4, -0.2) is 23.3 Å². The van der Waals surface area contributed by atoms with E-state index >= 15 is 0 Å². The van der Waals surface area contributed by atoms with Crippen LogP contribution in [0.5, 0.6) is 0 Å². The van der Waals surface area contributed by atoms with Crippen molar-refractivity contribution in [2.75, 3.05) is 6.54 Å². The second-order valence-electron chi connectivity index (χ2n) is 5.90. The third-order valence-electron chi connectivity index (χ3n) is 4.30. The average Bonchev–Trinajstić information content (AvgIpc) is 3.06. The number of nitrogens with one attached hydrogen (secondary N) is 1. The number of benzene rings is 1. The molecule has 1 aromatic rings. The maximum Gasteiger partial charge on any atom is 0.231 e. The fraction of sp³-hybridized carbons (Fsp3) is 0.412. The molecule has 1 aliphatic carbocycles. The molecule has 2 rings (SSSR count). The zero-order valence-corrected chi connectivity index (χ0v) is 13.9. The number of rotatable bonds is 4. The molecule has 5 heteroatoms. The van der Waals surface area contributed by atoms with Crippen LogP contribution < -0.4 is 5.32 Å². The maximum absolute atomic E-state index is 9.05. The Bertz CT molecular complexity index is 614. The average molecular weight is 315 g/mol. The van der Waals surface area contributed by atoms with Crippen molar-refractivity contribution in [3.8, 4) is 12.5 Å². The van der Waals surface area contributed by atoms with E-state index in [-0.39, 0.29) is 5.41 Å². The highest BCUT2D eigenvalue weighted by Gasteiger charge is 2.57. The number of hydrogen-bond acceptors (Lipinski definition) is 3. The molecular formula is C17H21N3OS. The second kappa shape index (κ2) is 6.99. The normalized spacial score (nSPS) is 23.3. The molecule has 0 saturated heterocycles. The van der Waals surface area contributed by atoms with Crippen molar-refractivity contribution in [2.24, 2.45) is 21.3 Å². The van der Waals surface area contributed by atoms with Crippen molar-refractivity contribution in [2.45, 2.75) is 31.6 Å². The highest BCUT2D eigenvalue weighted by Crippen LogP contribution is 2.64. The second-order valence-corrected chi connectivity index (χ2v) is 6.55. The Morgan fingerprint density at radius 1 is 1.45 bits per heavy atom. The first-order valence-corrected chi connectivity index (χ1v) is 7.99. The van der Waals surface area contributed by atoms with Crippen LogP contribution in [0.2, 0.25) is 0 Å². The van der Waals surface area contributed by atoms with Gasteiger partial charge in [-0.2, -0.15) is 4.99 Å². The number of guanidine groups is 1. The minimum Gasteiger partial charge on any atom is -0.353 e. The van der Waals surface area contributed by atoms with E-state index in [9.17, 15) is 0 Å². The van der Waals surface area contributed by atoms with Crippen LogP contribution in [-0.2, 0) is 0 Å². The van der Waals surface area contributed by atoms with E-state index in [1.165, 1.54) is 5.56 Å². The molecule has 1 fully saturated rings. The number of terminal acetylenes is 1. The quantitative estimate of drug-likeness (QED) is 0.386. The fourth-order valence-corrected chi connectivity index (χ4v) is 3.28. The van der Waals surface area contributed by atoms with Gasteiger partial charge in [-0.05, 0) is 41.9 Å². The lowest BCUT2D eigenvalue weighted by atomic mass is 10.0. The minimum absolute atomic E-state index is 0.220. The lowest BCUT2D eigenvalue weighted by molar-refractivity contribution is 0.546. The van der Waals surface area contributed by atoms with Gasteiger partial charge in [-0.3, -0.25) is 0 Å². The van der Waals surface area contributed by atoms with Crippen molar-refractivity contribution in [1.82, 2.24) is 5.32 Å². The Morgan fingerprint density at radius 3 is 2.68 bits per heavy atom. The summed E-state index contributed by atoms with van der Waals surface area (Å²) in [5, 5.41) is 3.23. The molecule has 1 aromatic carbocycles. The zero-order valence-electron chi connectivity index (χ0n) is 13.1. The van der Waals surface area contributed by atoms with Crippen LogP contribution in [0.4, 0.5) is 0 Å². The molecule has 1 saturated carbocycles. The van der Waals surface area contributed by atoms with Crippen molar-refractivity contribution in [3.63, 3.8) is 0 Å². The summed E-state index contributed by atoms with van der Waals surface area (Å²) < 4.78 is 9.05. The van der Waals surface area contributed by atoms with Crippen LogP contribution in [0, 0.1) is 23.8 Å². The van der Waals surface area contributed by atoms with Gasteiger partial charge in [0.05, 0.1) is 0 Å². The lowest BCUT2D eigenvalue weighted by Crippen LogP contribution is -2.25. The molecule has 4 nitrogen and oxygen atoms in total. The van der Waals surface area contributed by atoms with Crippen LogP contribution >= 0.6 is 12.0 Å². The topological polar surface area (TPSA) is 57.0 Å². The highest BCUT2D eigenvalue weighted by molar-refractivity contribution is 7.93. The van der Waals surface area contributed by atoms with Gasteiger partial charge in [-0.25, -0.2) is 4.99 Å². The predicted octanol–water partition coefficient (Wildman–Crippen LogP) is 3.62. The number of hydrogen-bond donors (Lipinski definition) is 2. The molecule has 116 valence electrons. The molecule has 22 heavy (non-hydrogen) atoms. The summed E-state index contributed by atoms with van der Waals surface area (Å²) in [6, 6.07) is 10.3. The van der Waals surface area contributed by atoms with Gasteiger partial charge in [-0.1, -0.05) is 32.4 Å². The van der Waals surface area contributed by atoms with Crippen LogP contribution in [0.1, 0.15) is 32.3 Å². The van der Waals surface area contributed by atoms with Gasteiger partial charge in [0.1, 0.15) is 0 Å². The molecule has 0 radical (unpaired) electrons. The van der Waals surface area contributed by atoms with Gasteiger partial charge < -0.3 is 9.87 Å². The Hall–Kier alpha value is -1.77. The van der Waals surface area contributed by atoms with Gasteiger partial charge in [0.2, 0.25) is 5.96 Å². The monoisotopic (exact) mass is 315 g/mol. The molecule has 1 aliphatic rings. The van der Waals surface area contributed by atoms with E-state index in [0.717, 1.165) is 23.5 Å². The van der Waals surface area contributed by atoms with Gasteiger partial charge in [0.25, 0.3) is 0 Å². The lowest BCUT2D eigenvalue weighted by Gasteiger charge is -2.05. The van der Waals surface area contributed by atoms with Crippen molar-refractivity contribution >= 4 is 24.2 Å². The SMILES string of the molecule is C#CN=C(/N=C\C)NCC1C(c2ccc(SO)cc2)C1(C)C. The largest absolute Gasteiger partial charge is 0.353 e. The molecule has 0 spiro atoms. The Balaban J connectivity index is 2.03. The Morgan fingerprint density at radius 2 is 2.14 bits per heavy atom. The van der Waals surface area contributed by atoms with E-state index in [1.807, 2.05) is 19.1 Å². The molecule has 0 amide bonds. The molecule has 0 heterocycles. The summed E-state index contributed by atoms with van der Waals surface area (Å²) >= 11 is 0.773. The summed E-state index contributed by atoms with van der Waals surface area (Å²) in [7, 11) is 0. The van der Waals surface area contributed by atoms with E-state index in [1.54, 1.807) is 6.21 Å². The van der Waals surface area contributed by atoms with E-state index in [0.29, 0.717) is 17.8 Å². The number of nitrogens with zero attached hydrogens (tertiary/aromatic N) is 2. The van der Waals surface area contributed by atoms with Crippen molar-refractivity contribution in [3.05, 3.63) is 29.8 Å². The first kappa shape index (κ1) is 16.6. The Kier molecular flexibility index (Phi) is 5.28. The predicted molar refractivity (Wildman–Crippen MR) is 93.4 cm³/mol. The molecule has 0 aliphatic heterocycles. The summed E-state index contributed by atoms with van der Waals surface area (Å²) in [6.45, 7) is 7.14. The van der Waals surface area contributed by atoms with Crippen LogP contribution in [0.15, 0.2) is 39.1 Å². The third-order valence-corrected chi connectivity index (χ3v) is 4.78. The summed E-state index contributed by atoms with van der Waals surface area (Å²) in [6.07, 6.45) is 6.88. The standard InChI is InChI=1S/C17H21N3OS/c1-5-18-16(19-6-2)20-11-14-15(17(14,3)4)12-7-9-13(22-21)10-8-12/h1,6-10,14-15,21H,11H2,2-4H3,(H,18,20)/b19-6-. The van der Waals surface area contributed by atoms with Gasteiger partial charge >= 0.3 is 0 Å². The van der Waals surface area contributed by atoms with E-state index in [2.05, 4.69) is 47.3 Å². The van der Waals surface area contributed by atoms with Crippen LogP contribution in [0.3, 0.4) is 0 Å².